The maximum absolute atomic E-state index is 10.8. The van der Waals surface area contributed by atoms with Gasteiger partial charge >= 0.3 is 5.97 Å². The molecule has 0 unspecified atom stereocenters. The van der Waals surface area contributed by atoms with Crippen LogP contribution >= 0.6 is 0 Å². The molecule has 4 heteroatoms. The summed E-state index contributed by atoms with van der Waals surface area (Å²) in [4.78, 5) is 10.8. The Hall–Kier alpha value is -2.23. The average molecular weight is 288 g/mol. The predicted octanol–water partition coefficient (Wildman–Crippen LogP) is 4.21. The normalized spacial score (nSPS) is 10.6. The molecule has 1 N–H and O–H groups in total. The summed E-state index contributed by atoms with van der Waals surface area (Å²) in [5.41, 5.74) is 2.05. The van der Waals surface area contributed by atoms with Crippen molar-refractivity contribution >= 4 is 5.97 Å². The van der Waals surface area contributed by atoms with Crippen LogP contribution in [0, 0.1) is 6.92 Å². The van der Waals surface area contributed by atoms with Crippen LogP contribution in [0.4, 0.5) is 0 Å². The highest BCUT2D eigenvalue weighted by Crippen LogP contribution is 2.19. The number of hydrogen-bond donors (Lipinski definition) is 1. The fourth-order valence-electron chi connectivity index (χ4n) is 2.06. The van der Waals surface area contributed by atoms with Gasteiger partial charge in [0, 0.05) is 5.56 Å². The van der Waals surface area contributed by atoms with Gasteiger partial charge in [-0.1, -0.05) is 25.5 Å². The summed E-state index contributed by atoms with van der Waals surface area (Å²) >= 11 is 0. The van der Waals surface area contributed by atoms with E-state index in [2.05, 4.69) is 19.1 Å². The Morgan fingerprint density at radius 1 is 1.29 bits per heavy atom. The van der Waals surface area contributed by atoms with Crippen LogP contribution in [0.15, 0.2) is 34.7 Å². The zero-order valence-corrected chi connectivity index (χ0v) is 12.4. The van der Waals surface area contributed by atoms with Gasteiger partial charge in [0.1, 0.15) is 18.1 Å². The van der Waals surface area contributed by atoms with E-state index >= 15 is 0 Å². The first-order chi connectivity index (χ1) is 10.1. The molecule has 112 valence electrons. The lowest BCUT2D eigenvalue weighted by atomic mass is 10.1. The Kier molecular flexibility index (Phi) is 5.04. The van der Waals surface area contributed by atoms with E-state index in [1.165, 1.54) is 24.5 Å². The van der Waals surface area contributed by atoms with E-state index in [0.717, 1.165) is 17.7 Å². The van der Waals surface area contributed by atoms with Gasteiger partial charge < -0.3 is 14.3 Å². The van der Waals surface area contributed by atoms with Crippen LogP contribution in [0.25, 0.3) is 0 Å². The second-order valence-electron chi connectivity index (χ2n) is 5.03. The Bertz CT molecular complexity index is 596. The zero-order valence-electron chi connectivity index (χ0n) is 12.4. The largest absolute Gasteiger partial charge is 0.489 e. The molecule has 0 amide bonds. The lowest BCUT2D eigenvalue weighted by Gasteiger charge is -2.06. The molecule has 0 bridgehead atoms. The first-order valence-electron chi connectivity index (χ1n) is 7.14. The SMILES string of the molecule is CCCCc1ccc(OCc2cc(C(=O)O)oc2C)cc1. The van der Waals surface area contributed by atoms with Crippen LogP contribution in [-0.4, -0.2) is 11.1 Å². The Balaban J connectivity index is 1.95. The van der Waals surface area contributed by atoms with Gasteiger partial charge in [0.25, 0.3) is 0 Å². The van der Waals surface area contributed by atoms with Crippen LogP contribution in [0.2, 0.25) is 0 Å². The molecule has 0 aliphatic carbocycles. The standard InChI is InChI=1S/C17H20O4/c1-3-4-5-13-6-8-15(9-7-13)20-11-14-10-16(17(18)19)21-12(14)2/h6-10H,3-5,11H2,1-2H3,(H,18,19). The molecule has 4 nitrogen and oxygen atoms in total. The first kappa shape index (κ1) is 15.2. The van der Waals surface area contributed by atoms with Crippen molar-refractivity contribution in [1.82, 2.24) is 0 Å². The summed E-state index contributed by atoms with van der Waals surface area (Å²) in [7, 11) is 0. The molecule has 2 aromatic rings. The number of hydrogen-bond acceptors (Lipinski definition) is 3. The van der Waals surface area contributed by atoms with Crippen LogP contribution in [0.3, 0.4) is 0 Å². The van der Waals surface area contributed by atoms with Gasteiger partial charge in [-0.2, -0.15) is 0 Å². The molecule has 0 aliphatic heterocycles. The average Bonchev–Trinajstić information content (AvgIpc) is 2.85. The second-order valence-corrected chi connectivity index (χ2v) is 5.03. The van der Waals surface area contributed by atoms with Crippen molar-refractivity contribution in [2.75, 3.05) is 0 Å². The highest BCUT2D eigenvalue weighted by Gasteiger charge is 2.13. The number of furan rings is 1. The highest BCUT2D eigenvalue weighted by atomic mass is 16.5. The lowest BCUT2D eigenvalue weighted by molar-refractivity contribution is 0.0661. The lowest BCUT2D eigenvalue weighted by Crippen LogP contribution is -1.96. The summed E-state index contributed by atoms with van der Waals surface area (Å²) in [6.45, 7) is 4.21. The van der Waals surface area contributed by atoms with E-state index in [4.69, 9.17) is 14.3 Å². The number of carboxylic acids is 1. The van der Waals surface area contributed by atoms with Gasteiger partial charge in [0.15, 0.2) is 0 Å². The van der Waals surface area contributed by atoms with Gasteiger partial charge in [0.2, 0.25) is 5.76 Å². The van der Waals surface area contributed by atoms with Crippen LogP contribution in [-0.2, 0) is 13.0 Å². The van der Waals surface area contributed by atoms with E-state index in [0.29, 0.717) is 12.4 Å². The van der Waals surface area contributed by atoms with Gasteiger partial charge in [-0.25, -0.2) is 4.79 Å². The van der Waals surface area contributed by atoms with Gasteiger partial charge in [-0.15, -0.1) is 0 Å². The molecule has 1 aromatic heterocycles. The Labute approximate surface area is 124 Å². The van der Waals surface area contributed by atoms with Crippen LogP contribution in [0.5, 0.6) is 5.75 Å². The quantitative estimate of drug-likeness (QED) is 0.829. The fourth-order valence-corrected chi connectivity index (χ4v) is 2.06. The fraction of sp³-hybridized carbons (Fsp3) is 0.353. The minimum absolute atomic E-state index is 0.0546. The summed E-state index contributed by atoms with van der Waals surface area (Å²) in [6, 6.07) is 9.52. The Morgan fingerprint density at radius 3 is 2.57 bits per heavy atom. The number of ether oxygens (including phenoxy) is 1. The monoisotopic (exact) mass is 288 g/mol. The van der Waals surface area contributed by atoms with E-state index in [9.17, 15) is 4.79 Å². The van der Waals surface area contributed by atoms with Crippen molar-refractivity contribution in [3.8, 4) is 5.75 Å². The van der Waals surface area contributed by atoms with Gasteiger partial charge in [-0.3, -0.25) is 0 Å². The Morgan fingerprint density at radius 2 is 2.00 bits per heavy atom. The molecular formula is C17H20O4. The molecule has 0 aliphatic rings. The number of aryl methyl sites for hydroxylation is 2. The molecule has 2 rings (SSSR count). The first-order valence-corrected chi connectivity index (χ1v) is 7.14. The minimum atomic E-state index is -1.07. The molecule has 21 heavy (non-hydrogen) atoms. The van der Waals surface area contributed by atoms with Crippen molar-refractivity contribution < 1.29 is 19.1 Å². The minimum Gasteiger partial charge on any atom is -0.489 e. The predicted molar refractivity (Wildman–Crippen MR) is 79.8 cm³/mol. The van der Waals surface area contributed by atoms with Crippen molar-refractivity contribution in [1.29, 1.82) is 0 Å². The van der Waals surface area contributed by atoms with Crippen LogP contribution in [0.1, 0.15) is 47.2 Å². The highest BCUT2D eigenvalue weighted by molar-refractivity contribution is 5.84. The third-order valence-electron chi connectivity index (χ3n) is 3.37. The molecule has 0 saturated heterocycles. The number of benzene rings is 1. The molecular weight excluding hydrogens is 268 g/mol. The number of unbranched alkanes of at least 4 members (excludes halogenated alkanes) is 1. The molecule has 0 spiro atoms. The molecule has 1 heterocycles. The number of carboxylic acid groups (broad SMARTS) is 1. The third kappa shape index (κ3) is 4.12. The van der Waals surface area contributed by atoms with E-state index in [1.807, 2.05) is 12.1 Å². The van der Waals surface area contributed by atoms with Crippen molar-refractivity contribution in [3.63, 3.8) is 0 Å². The van der Waals surface area contributed by atoms with Gasteiger partial charge in [0.05, 0.1) is 0 Å². The molecule has 1 aromatic carbocycles. The van der Waals surface area contributed by atoms with Crippen molar-refractivity contribution in [2.24, 2.45) is 0 Å². The number of carbonyl (C=O) groups is 1. The molecule has 0 saturated carbocycles. The maximum Gasteiger partial charge on any atom is 0.371 e. The molecule has 0 fully saturated rings. The smallest absolute Gasteiger partial charge is 0.371 e. The van der Waals surface area contributed by atoms with E-state index < -0.39 is 5.97 Å². The summed E-state index contributed by atoms with van der Waals surface area (Å²) in [6.07, 6.45) is 3.45. The van der Waals surface area contributed by atoms with Crippen molar-refractivity contribution in [2.45, 2.75) is 39.7 Å². The molecule has 0 radical (unpaired) electrons. The van der Waals surface area contributed by atoms with Crippen molar-refractivity contribution in [3.05, 3.63) is 53.0 Å². The molecule has 0 atom stereocenters. The summed E-state index contributed by atoms with van der Waals surface area (Å²) < 4.78 is 10.8. The van der Waals surface area contributed by atoms with E-state index in [1.54, 1.807) is 6.92 Å². The summed E-state index contributed by atoms with van der Waals surface area (Å²) in [5, 5.41) is 8.87. The number of rotatable bonds is 7. The number of aromatic carboxylic acids is 1. The van der Waals surface area contributed by atoms with Gasteiger partial charge in [-0.05, 0) is 43.5 Å². The maximum atomic E-state index is 10.8. The van der Waals surface area contributed by atoms with E-state index in [-0.39, 0.29) is 5.76 Å². The topological polar surface area (TPSA) is 59.7 Å². The second kappa shape index (κ2) is 6.97. The summed E-state index contributed by atoms with van der Waals surface area (Å²) in [5.74, 6) is 0.227. The van der Waals surface area contributed by atoms with Crippen LogP contribution < -0.4 is 4.74 Å². The zero-order chi connectivity index (χ0) is 15.2. The third-order valence-corrected chi connectivity index (χ3v) is 3.37.